The molecular formula is C20H18F3N5O2S. The Bertz CT molecular complexity index is 1130. The van der Waals surface area contributed by atoms with Gasteiger partial charge in [-0.25, -0.2) is 0 Å². The predicted molar refractivity (Wildman–Crippen MR) is 109 cm³/mol. The topological polar surface area (TPSA) is 83.2 Å². The van der Waals surface area contributed by atoms with Crippen molar-refractivity contribution in [1.82, 2.24) is 20.0 Å². The van der Waals surface area contributed by atoms with Crippen LogP contribution in [0.15, 0.2) is 54.2 Å². The first kappa shape index (κ1) is 20.9. The molecule has 0 spiro atoms. The van der Waals surface area contributed by atoms with E-state index in [0.29, 0.717) is 11.1 Å². The van der Waals surface area contributed by atoms with Gasteiger partial charge in [-0.1, -0.05) is 12.1 Å². The number of nitrogens with one attached hydrogen (secondary N) is 2. The van der Waals surface area contributed by atoms with Crippen LogP contribution in [0.5, 0.6) is 5.75 Å². The molecule has 1 fully saturated rings. The van der Waals surface area contributed by atoms with Gasteiger partial charge in [-0.05, 0) is 47.7 Å². The van der Waals surface area contributed by atoms with Crippen LogP contribution in [0.1, 0.15) is 17.8 Å². The molecule has 4 rings (SSSR count). The highest BCUT2D eigenvalue weighted by Gasteiger charge is 2.50. The Morgan fingerprint density at radius 2 is 2.03 bits per heavy atom. The molecule has 1 aliphatic heterocycles. The van der Waals surface area contributed by atoms with E-state index < -0.39 is 17.9 Å². The number of hydrogen-bond acceptors (Lipinski definition) is 5. The Kier molecular flexibility index (Phi) is 5.00. The van der Waals surface area contributed by atoms with Crippen LogP contribution in [0.25, 0.3) is 11.1 Å². The van der Waals surface area contributed by atoms with Gasteiger partial charge in [-0.15, -0.1) is 24.5 Å². The standard InChI is InChI=1S/C20H18F3N5O2S/c1-19(16(28-8-4-7-25-28)17(29)27(2)18(24)26-19)15-10-13(11-31-15)12-5-3-6-14(9-12)30-20(21,22)23/h3-11,16H,1-2H3,(H2,24,26)/t16?,19-/m1/s1. The molecular weight excluding hydrogens is 431 g/mol. The van der Waals surface area contributed by atoms with Crippen LogP contribution in [0.4, 0.5) is 13.2 Å². The minimum absolute atomic E-state index is 0.0496. The van der Waals surface area contributed by atoms with Gasteiger partial charge in [-0.3, -0.25) is 19.8 Å². The number of guanidine groups is 1. The second-order valence-electron chi connectivity index (χ2n) is 7.24. The maximum atomic E-state index is 13.0. The minimum atomic E-state index is -4.78. The molecule has 31 heavy (non-hydrogen) atoms. The first-order valence-electron chi connectivity index (χ1n) is 9.17. The van der Waals surface area contributed by atoms with Gasteiger partial charge in [0.25, 0.3) is 5.91 Å². The van der Waals surface area contributed by atoms with Crippen LogP contribution in [0.3, 0.4) is 0 Å². The number of thiophene rings is 1. The number of rotatable bonds is 4. The van der Waals surface area contributed by atoms with Gasteiger partial charge in [0.1, 0.15) is 11.3 Å². The molecule has 7 nitrogen and oxygen atoms in total. The van der Waals surface area contributed by atoms with Crippen LogP contribution in [0.2, 0.25) is 0 Å². The number of nitrogens with zero attached hydrogens (tertiary/aromatic N) is 3. The molecule has 162 valence electrons. The third kappa shape index (κ3) is 3.88. The average molecular weight is 449 g/mol. The van der Waals surface area contributed by atoms with Crippen LogP contribution in [0, 0.1) is 5.41 Å². The molecule has 2 atom stereocenters. The van der Waals surface area contributed by atoms with E-state index in [1.165, 1.54) is 46.2 Å². The molecule has 1 amide bonds. The zero-order valence-corrected chi connectivity index (χ0v) is 17.3. The lowest BCUT2D eigenvalue weighted by atomic mass is 9.87. The van der Waals surface area contributed by atoms with Crippen molar-refractivity contribution in [2.24, 2.45) is 0 Å². The lowest BCUT2D eigenvalue weighted by Gasteiger charge is -2.44. The predicted octanol–water partition coefficient (Wildman–Crippen LogP) is 3.96. The monoisotopic (exact) mass is 449 g/mol. The third-order valence-corrected chi connectivity index (χ3v) is 6.29. The van der Waals surface area contributed by atoms with Crippen LogP contribution in [-0.2, 0) is 10.3 Å². The van der Waals surface area contributed by atoms with E-state index >= 15 is 0 Å². The normalized spacial score (nSPS) is 21.8. The summed E-state index contributed by atoms with van der Waals surface area (Å²) in [6.07, 6.45) is -1.53. The Labute approximate surface area is 179 Å². The first-order chi connectivity index (χ1) is 14.6. The SMILES string of the molecule is CN1C(=N)N[C@](C)(c2cc(-c3cccc(OC(F)(F)F)c3)cs2)C(n2cccn2)C1=O. The van der Waals surface area contributed by atoms with Gasteiger partial charge in [0.05, 0.1) is 0 Å². The summed E-state index contributed by atoms with van der Waals surface area (Å²) in [6.45, 7) is 1.80. The molecule has 0 bridgehead atoms. The van der Waals surface area contributed by atoms with Crippen molar-refractivity contribution in [2.75, 3.05) is 7.05 Å². The van der Waals surface area contributed by atoms with Crippen molar-refractivity contribution in [3.8, 4) is 16.9 Å². The summed E-state index contributed by atoms with van der Waals surface area (Å²) in [5, 5.41) is 17.3. The lowest BCUT2D eigenvalue weighted by Crippen LogP contribution is -2.63. The maximum Gasteiger partial charge on any atom is 0.573 e. The Morgan fingerprint density at radius 3 is 2.71 bits per heavy atom. The highest BCUT2D eigenvalue weighted by molar-refractivity contribution is 7.10. The summed E-state index contributed by atoms with van der Waals surface area (Å²) >= 11 is 1.34. The van der Waals surface area contributed by atoms with Crippen LogP contribution >= 0.6 is 11.3 Å². The maximum absolute atomic E-state index is 13.0. The fourth-order valence-corrected chi connectivity index (χ4v) is 4.64. The smallest absolute Gasteiger partial charge is 0.406 e. The number of carbonyl (C=O) groups excluding carboxylic acids is 1. The highest BCUT2D eigenvalue weighted by Crippen LogP contribution is 2.42. The fraction of sp³-hybridized carbons (Fsp3) is 0.250. The third-order valence-electron chi connectivity index (χ3n) is 5.13. The van der Waals surface area contributed by atoms with E-state index in [4.69, 9.17) is 5.41 Å². The minimum Gasteiger partial charge on any atom is -0.406 e. The zero-order valence-electron chi connectivity index (χ0n) is 16.5. The molecule has 2 aromatic heterocycles. The van der Waals surface area contributed by atoms with Crippen LogP contribution < -0.4 is 10.1 Å². The van der Waals surface area contributed by atoms with E-state index in [-0.39, 0.29) is 17.6 Å². The number of carbonyl (C=O) groups is 1. The molecule has 3 aromatic rings. The van der Waals surface area contributed by atoms with Crippen molar-refractivity contribution in [1.29, 1.82) is 5.41 Å². The summed E-state index contributed by atoms with van der Waals surface area (Å²) in [6, 6.07) is 8.45. The van der Waals surface area contributed by atoms with Crippen LogP contribution in [-0.4, -0.2) is 40.0 Å². The number of benzene rings is 1. The molecule has 1 saturated heterocycles. The largest absolute Gasteiger partial charge is 0.573 e. The number of ether oxygens (including phenoxy) is 1. The second-order valence-corrected chi connectivity index (χ2v) is 8.15. The number of hydrogen-bond donors (Lipinski definition) is 2. The van der Waals surface area contributed by atoms with Crippen molar-refractivity contribution >= 4 is 23.2 Å². The molecule has 11 heteroatoms. The Hall–Kier alpha value is -3.34. The van der Waals surface area contributed by atoms with Crippen molar-refractivity contribution in [3.05, 3.63) is 59.0 Å². The summed E-state index contributed by atoms with van der Waals surface area (Å²) in [5.41, 5.74) is 0.223. The highest BCUT2D eigenvalue weighted by atomic mass is 32.1. The van der Waals surface area contributed by atoms with Crippen molar-refractivity contribution < 1.29 is 22.7 Å². The van der Waals surface area contributed by atoms with Gasteiger partial charge < -0.3 is 10.1 Å². The van der Waals surface area contributed by atoms with Crippen molar-refractivity contribution in [2.45, 2.75) is 24.9 Å². The molecule has 3 heterocycles. The molecule has 0 radical (unpaired) electrons. The number of aromatic nitrogens is 2. The van der Waals surface area contributed by atoms with Gasteiger partial charge in [0.15, 0.2) is 12.0 Å². The first-order valence-corrected chi connectivity index (χ1v) is 10.0. The number of alkyl halides is 3. The van der Waals surface area contributed by atoms with E-state index in [2.05, 4.69) is 15.2 Å². The van der Waals surface area contributed by atoms with E-state index in [9.17, 15) is 18.0 Å². The summed E-state index contributed by atoms with van der Waals surface area (Å²) < 4.78 is 43.2. The van der Waals surface area contributed by atoms with Gasteiger partial charge in [0.2, 0.25) is 0 Å². The summed E-state index contributed by atoms with van der Waals surface area (Å²) in [5.74, 6) is -0.662. The quantitative estimate of drug-likeness (QED) is 0.632. The fourth-order valence-electron chi connectivity index (χ4n) is 3.58. The molecule has 2 N–H and O–H groups in total. The summed E-state index contributed by atoms with van der Waals surface area (Å²) in [7, 11) is 1.51. The van der Waals surface area contributed by atoms with E-state index in [0.717, 1.165) is 4.88 Å². The Balaban J connectivity index is 1.72. The van der Waals surface area contributed by atoms with Gasteiger partial charge >= 0.3 is 6.36 Å². The summed E-state index contributed by atoms with van der Waals surface area (Å²) in [4.78, 5) is 15.0. The molecule has 1 unspecified atom stereocenters. The van der Waals surface area contributed by atoms with Gasteiger partial charge in [-0.2, -0.15) is 5.10 Å². The number of likely N-dealkylation sites (N-methyl/N-ethyl adjacent to an activating group) is 1. The molecule has 0 saturated carbocycles. The van der Waals surface area contributed by atoms with E-state index in [1.54, 1.807) is 42.9 Å². The molecule has 0 aliphatic carbocycles. The Morgan fingerprint density at radius 1 is 1.26 bits per heavy atom. The lowest BCUT2D eigenvalue weighted by molar-refractivity contribution is -0.274. The second kappa shape index (κ2) is 7.41. The number of amides is 1. The van der Waals surface area contributed by atoms with Crippen molar-refractivity contribution in [3.63, 3.8) is 0 Å². The molecule has 1 aliphatic rings. The zero-order chi connectivity index (χ0) is 22.4. The average Bonchev–Trinajstić information content (AvgIpc) is 3.38. The molecule has 1 aromatic carbocycles. The van der Waals surface area contributed by atoms with Gasteiger partial charge in [0, 0.05) is 24.3 Å². The van der Waals surface area contributed by atoms with E-state index in [1.807, 2.05) is 0 Å². The number of halogens is 3.